The number of carbonyl (C=O) groups is 2. The number of alkyl halides is 3. The molecule has 7 heteroatoms. The summed E-state index contributed by atoms with van der Waals surface area (Å²) in [6.07, 6.45) is -4.86. The monoisotopic (exact) mass is 261 g/mol. The summed E-state index contributed by atoms with van der Waals surface area (Å²) >= 11 is 0. The van der Waals surface area contributed by atoms with Crippen molar-refractivity contribution in [3.8, 4) is 5.75 Å². The van der Waals surface area contributed by atoms with Crippen LogP contribution in [0.15, 0.2) is 24.3 Å². The number of amides is 1. The van der Waals surface area contributed by atoms with Crippen molar-refractivity contribution in [2.75, 3.05) is 0 Å². The molecule has 1 aromatic carbocycles. The number of hydrogen-bond acceptors (Lipinski definition) is 3. The topological polar surface area (TPSA) is 66.4 Å². The van der Waals surface area contributed by atoms with Gasteiger partial charge in [-0.05, 0) is 24.1 Å². The number of benzene rings is 1. The first kappa shape index (κ1) is 14.0. The largest absolute Gasteiger partial charge is 0.508 e. The van der Waals surface area contributed by atoms with Crippen molar-refractivity contribution in [2.24, 2.45) is 0 Å². The third-order valence-electron chi connectivity index (χ3n) is 2.13. The molecule has 0 radical (unpaired) electrons. The predicted octanol–water partition coefficient (Wildman–Crippen LogP) is 1.18. The van der Waals surface area contributed by atoms with Gasteiger partial charge in [-0.2, -0.15) is 13.2 Å². The summed E-state index contributed by atoms with van der Waals surface area (Å²) < 4.78 is 35.9. The molecule has 2 N–H and O–H groups in total. The van der Waals surface area contributed by atoms with Crippen LogP contribution in [0.4, 0.5) is 13.2 Å². The minimum absolute atomic E-state index is 0.000676. The van der Waals surface area contributed by atoms with Crippen LogP contribution in [0.5, 0.6) is 5.75 Å². The Morgan fingerprint density at radius 3 is 2.33 bits per heavy atom. The lowest BCUT2D eigenvalue weighted by Gasteiger charge is -2.14. The first-order valence-electron chi connectivity index (χ1n) is 4.94. The molecule has 0 bridgehead atoms. The van der Waals surface area contributed by atoms with Crippen LogP contribution in [-0.2, 0) is 16.0 Å². The Bertz CT molecular complexity index is 428. The van der Waals surface area contributed by atoms with Crippen LogP contribution < -0.4 is 5.32 Å². The minimum Gasteiger partial charge on any atom is -0.508 e. The lowest BCUT2D eigenvalue weighted by molar-refractivity contribution is -0.174. The Morgan fingerprint density at radius 1 is 1.33 bits per heavy atom. The molecule has 0 aliphatic heterocycles. The highest BCUT2D eigenvalue weighted by atomic mass is 19.4. The fraction of sp³-hybridized carbons (Fsp3) is 0.273. The quantitative estimate of drug-likeness (QED) is 0.800. The van der Waals surface area contributed by atoms with E-state index in [2.05, 4.69) is 0 Å². The third kappa shape index (κ3) is 4.08. The van der Waals surface area contributed by atoms with Crippen LogP contribution in [0.3, 0.4) is 0 Å². The number of aldehydes is 1. The van der Waals surface area contributed by atoms with Crippen molar-refractivity contribution in [1.29, 1.82) is 0 Å². The molecule has 0 aliphatic rings. The number of phenolic OH excluding ortho intramolecular Hbond substituents is 1. The molecule has 0 fully saturated rings. The summed E-state index contributed by atoms with van der Waals surface area (Å²) in [4.78, 5) is 21.3. The van der Waals surface area contributed by atoms with Gasteiger partial charge in [-0.1, -0.05) is 12.1 Å². The molecule has 4 nitrogen and oxygen atoms in total. The summed E-state index contributed by atoms with van der Waals surface area (Å²) in [6, 6.07) is 4.31. The van der Waals surface area contributed by atoms with Crippen molar-refractivity contribution in [2.45, 2.75) is 18.6 Å². The molecule has 0 spiro atoms. The first-order chi connectivity index (χ1) is 8.32. The van der Waals surface area contributed by atoms with Crippen LogP contribution >= 0.6 is 0 Å². The third-order valence-corrected chi connectivity index (χ3v) is 2.13. The second-order valence-electron chi connectivity index (χ2n) is 3.58. The van der Waals surface area contributed by atoms with Gasteiger partial charge in [-0.25, -0.2) is 0 Å². The van der Waals surface area contributed by atoms with Crippen molar-refractivity contribution < 1.29 is 27.9 Å². The summed E-state index contributed by atoms with van der Waals surface area (Å²) in [7, 11) is 0. The van der Waals surface area contributed by atoms with Gasteiger partial charge < -0.3 is 15.2 Å². The molecular formula is C11H10F3NO3. The normalized spacial score (nSPS) is 12.8. The van der Waals surface area contributed by atoms with Crippen molar-refractivity contribution in [3.63, 3.8) is 0 Å². The average molecular weight is 261 g/mol. The molecule has 0 heterocycles. The number of hydrogen-bond donors (Lipinski definition) is 2. The van der Waals surface area contributed by atoms with E-state index in [-0.39, 0.29) is 18.5 Å². The Morgan fingerprint density at radius 2 is 1.89 bits per heavy atom. The van der Waals surface area contributed by atoms with Gasteiger partial charge in [0.1, 0.15) is 12.0 Å². The second-order valence-corrected chi connectivity index (χ2v) is 3.58. The molecule has 1 unspecified atom stereocenters. The molecule has 1 atom stereocenters. The zero-order chi connectivity index (χ0) is 13.8. The summed E-state index contributed by atoms with van der Waals surface area (Å²) in [5.74, 6) is -2.15. The first-order valence-corrected chi connectivity index (χ1v) is 4.94. The Balaban J connectivity index is 2.65. The van der Waals surface area contributed by atoms with Gasteiger partial charge in [0.25, 0.3) is 0 Å². The van der Waals surface area contributed by atoms with E-state index in [1.807, 2.05) is 0 Å². The number of phenols is 1. The molecule has 0 saturated heterocycles. The van der Waals surface area contributed by atoms with E-state index >= 15 is 0 Å². The number of aromatic hydroxyl groups is 1. The van der Waals surface area contributed by atoms with Crippen molar-refractivity contribution >= 4 is 12.2 Å². The zero-order valence-electron chi connectivity index (χ0n) is 9.07. The average Bonchev–Trinajstić information content (AvgIpc) is 2.29. The molecule has 0 aromatic heterocycles. The van der Waals surface area contributed by atoms with E-state index in [9.17, 15) is 22.8 Å². The van der Waals surface area contributed by atoms with Crippen LogP contribution in [0.1, 0.15) is 5.56 Å². The van der Waals surface area contributed by atoms with E-state index in [0.29, 0.717) is 5.56 Å². The molecule has 98 valence electrons. The van der Waals surface area contributed by atoms with E-state index in [1.165, 1.54) is 24.3 Å². The number of halogens is 3. The van der Waals surface area contributed by atoms with E-state index in [0.717, 1.165) is 0 Å². The van der Waals surface area contributed by atoms with E-state index in [4.69, 9.17) is 5.11 Å². The van der Waals surface area contributed by atoms with Gasteiger partial charge >= 0.3 is 12.1 Å². The standard InChI is InChI=1S/C11H10F3NO3/c12-11(13,14)10(18)15-8(6-16)5-7-1-3-9(17)4-2-7/h1-4,6,8,17H,5H2,(H,15,18). The predicted molar refractivity (Wildman–Crippen MR) is 55.9 cm³/mol. The molecule has 0 saturated carbocycles. The highest BCUT2D eigenvalue weighted by Gasteiger charge is 2.39. The lowest BCUT2D eigenvalue weighted by atomic mass is 10.1. The van der Waals surface area contributed by atoms with Gasteiger partial charge in [-0.15, -0.1) is 0 Å². The minimum atomic E-state index is -5.02. The summed E-state index contributed by atoms with van der Waals surface area (Å²) in [5.41, 5.74) is 0.521. The smallest absolute Gasteiger partial charge is 0.471 e. The van der Waals surface area contributed by atoms with Gasteiger partial charge in [0, 0.05) is 0 Å². The Labute approximate surface area is 100 Å². The maximum atomic E-state index is 12.0. The van der Waals surface area contributed by atoms with Crippen LogP contribution in [0.25, 0.3) is 0 Å². The fourth-order valence-electron chi connectivity index (χ4n) is 1.27. The van der Waals surface area contributed by atoms with Gasteiger partial charge in [0.15, 0.2) is 0 Å². The van der Waals surface area contributed by atoms with Crippen LogP contribution in [0.2, 0.25) is 0 Å². The molecule has 0 aliphatic carbocycles. The lowest BCUT2D eigenvalue weighted by Crippen LogP contribution is -2.44. The van der Waals surface area contributed by atoms with Gasteiger partial charge in [0.2, 0.25) is 0 Å². The Kier molecular flexibility index (Phi) is 4.30. The van der Waals surface area contributed by atoms with Crippen molar-refractivity contribution in [3.05, 3.63) is 29.8 Å². The number of rotatable bonds is 4. The molecular weight excluding hydrogens is 251 g/mol. The van der Waals surface area contributed by atoms with E-state index in [1.54, 1.807) is 5.32 Å². The SMILES string of the molecule is O=CC(Cc1ccc(O)cc1)NC(=O)C(F)(F)F. The van der Waals surface area contributed by atoms with Crippen LogP contribution in [0, 0.1) is 0 Å². The van der Waals surface area contributed by atoms with Crippen molar-refractivity contribution in [1.82, 2.24) is 5.32 Å². The maximum absolute atomic E-state index is 12.0. The summed E-state index contributed by atoms with van der Waals surface area (Å²) in [6.45, 7) is 0. The second kappa shape index (κ2) is 5.52. The van der Waals surface area contributed by atoms with Crippen LogP contribution in [-0.4, -0.2) is 29.5 Å². The summed E-state index contributed by atoms with van der Waals surface area (Å²) in [5, 5.41) is 10.6. The van der Waals surface area contributed by atoms with Gasteiger partial charge in [-0.3, -0.25) is 4.79 Å². The number of carbonyl (C=O) groups excluding carboxylic acids is 2. The Hall–Kier alpha value is -2.05. The maximum Gasteiger partial charge on any atom is 0.471 e. The molecule has 18 heavy (non-hydrogen) atoms. The molecule has 1 rings (SSSR count). The van der Waals surface area contributed by atoms with E-state index < -0.39 is 18.1 Å². The highest BCUT2D eigenvalue weighted by molar-refractivity contribution is 5.84. The molecule has 1 aromatic rings. The number of nitrogens with one attached hydrogen (secondary N) is 1. The fourth-order valence-corrected chi connectivity index (χ4v) is 1.27. The highest BCUT2D eigenvalue weighted by Crippen LogP contribution is 2.15. The zero-order valence-corrected chi connectivity index (χ0v) is 9.07. The molecule has 1 amide bonds. The van der Waals surface area contributed by atoms with Gasteiger partial charge in [0.05, 0.1) is 6.04 Å².